The van der Waals surface area contributed by atoms with Crippen molar-refractivity contribution in [3.05, 3.63) is 68.7 Å². The molecule has 0 aromatic heterocycles. The number of halogens is 2. The van der Waals surface area contributed by atoms with E-state index in [0.717, 1.165) is 5.56 Å². The smallest absolute Gasteiger partial charge is 0.0589 e. The molecule has 0 saturated heterocycles. The molecule has 1 nitrogen and oxygen atoms in total. The summed E-state index contributed by atoms with van der Waals surface area (Å²) in [5.74, 6) is 0. The summed E-state index contributed by atoms with van der Waals surface area (Å²) < 4.78 is 0. The predicted octanol–water partition coefficient (Wildman–Crippen LogP) is 5.18. The van der Waals surface area contributed by atoms with Crippen LogP contribution in [-0.2, 0) is 12.8 Å². The minimum atomic E-state index is 0.0991. The van der Waals surface area contributed by atoms with Gasteiger partial charge in [0, 0.05) is 10.0 Å². The first-order valence-electron chi connectivity index (χ1n) is 7.43. The molecule has 0 spiro atoms. The highest BCUT2D eigenvalue weighted by Gasteiger charge is 2.18. The predicted molar refractivity (Wildman–Crippen MR) is 90.4 cm³/mol. The Labute approximate surface area is 136 Å². The van der Waals surface area contributed by atoms with E-state index in [2.05, 4.69) is 23.5 Å². The van der Waals surface area contributed by atoms with E-state index >= 15 is 0 Å². The molecule has 0 bridgehead atoms. The van der Waals surface area contributed by atoms with Crippen LogP contribution in [0.15, 0.2) is 36.4 Å². The zero-order chi connectivity index (χ0) is 14.8. The molecule has 21 heavy (non-hydrogen) atoms. The molecule has 110 valence electrons. The van der Waals surface area contributed by atoms with E-state index < -0.39 is 0 Å². The Balaban J connectivity index is 1.99. The van der Waals surface area contributed by atoms with Gasteiger partial charge in [-0.2, -0.15) is 0 Å². The number of rotatable bonds is 3. The van der Waals surface area contributed by atoms with Gasteiger partial charge in [-0.15, -0.1) is 0 Å². The molecule has 0 amide bonds. The van der Waals surface area contributed by atoms with E-state index in [1.807, 2.05) is 19.2 Å². The van der Waals surface area contributed by atoms with Crippen molar-refractivity contribution >= 4 is 23.2 Å². The number of fused-ring (bicyclic) bond motifs is 1. The number of hydrogen-bond acceptors (Lipinski definition) is 1. The first-order chi connectivity index (χ1) is 10.2. The van der Waals surface area contributed by atoms with Gasteiger partial charge in [0.05, 0.1) is 6.04 Å². The Morgan fingerprint density at radius 1 is 0.952 bits per heavy atom. The molecular weight excluding hydrogens is 301 g/mol. The Morgan fingerprint density at radius 3 is 2.43 bits per heavy atom. The maximum Gasteiger partial charge on any atom is 0.0589 e. The summed E-state index contributed by atoms with van der Waals surface area (Å²) in [6, 6.07) is 12.6. The van der Waals surface area contributed by atoms with Crippen LogP contribution < -0.4 is 5.32 Å². The monoisotopic (exact) mass is 319 g/mol. The van der Waals surface area contributed by atoms with Crippen LogP contribution in [0.2, 0.25) is 10.0 Å². The second kappa shape index (κ2) is 6.39. The fourth-order valence-corrected chi connectivity index (χ4v) is 3.69. The highest BCUT2D eigenvalue weighted by molar-refractivity contribution is 6.35. The largest absolute Gasteiger partial charge is 0.309 e. The molecule has 0 fully saturated rings. The standard InChI is InChI=1S/C18H19Cl2N/c1-21-18(16-9-8-15(19)11-17(16)20)14-7-6-12-4-2-3-5-13(12)10-14/h6-11,18,21H,2-5H2,1H3. The van der Waals surface area contributed by atoms with Crippen LogP contribution in [0.25, 0.3) is 0 Å². The Kier molecular flexibility index (Phi) is 4.54. The van der Waals surface area contributed by atoms with Crippen LogP contribution >= 0.6 is 23.2 Å². The average Bonchev–Trinajstić information content (AvgIpc) is 2.50. The van der Waals surface area contributed by atoms with Crippen molar-refractivity contribution in [2.24, 2.45) is 0 Å². The third kappa shape index (κ3) is 3.11. The molecule has 3 heteroatoms. The highest BCUT2D eigenvalue weighted by atomic mass is 35.5. The van der Waals surface area contributed by atoms with Crippen LogP contribution in [0.4, 0.5) is 0 Å². The molecule has 1 N–H and O–H groups in total. The Morgan fingerprint density at radius 2 is 1.71 bits per heavy atom. The van der Waals surface area contributed by atoms with Crippen molar-refractivity contribution in [1.29, 1.82) is 0 Å². The molecule has 1 aliphatic rings. The lowest BCUT2D eigenvalue weighted by molar-refractivity contribution is 0.668. The van der Waals surface area contributed by atoms with Gasteiger partial charge in [0.25, 0.3) is 0 Å². The number of aryl methyl sites for hydroxylation is 2. The van der Waals surface area contributed by atoms with Crippen LogP contribution in [-0.4, -0.2) is 7.05 Å². The Bertz CT molecular complexity index is 652. The lowest BCUT2D eigenvalue weighted by Crippen LogP contribution is -2.19. The molecule has 1 aliphatic carbocycles. The van der Waals surface area contributed by atoms with Gasteiger partial charge in [0.1, 0.15) is 0 Å². The van der Waals surface area contributed by atoms with Gasteiger partial charge in [-0.1, -0.05) is 47.5 Å². The maximum absolute atomic E-state index is 6.37. The third-order valence-electron chi connectivity index (χ3n) is 4.27. The van der Waals surface area contributed by atoms with Crippen molar-refractivity contribution < 1.29 is 0 Å². The van der Waals surface area contributed by atoms with Crippen molar-refractivity contribution in [1.82, 2.24) is 5.32 Å². The molecule has 0 heterocycles. The summed E-state index contributed by atoms with van der Waals surface area (Å²) in [5, 5.41) is 4.75. The molecule has 1 unspecified atom stereocenters. The molecule has 2 aromatic rings. The second-order valence-electron chi connectivity index (χ2n) is 5.62. The molecule has 0 radical (unpaired) electrons. The van der Waals surface area contributed by atoms with Crippen molar-refractivity contribution in [2.75, 3.05) is 7.05 Å². The lowest BCUT2D eigenvalue weighted by atomic mass is 9.88. The normalized spacial score (nSPS) is 15.6. The molecule has 0 aliphatic heterocycles. The minimum Gasteiger partial charge on any atom is -0.309 e. The summed E-state index contributed by atoms with van der Waals surface area (Å²) in [6.07, 6.45) is 5.00. The van der Waals surface area contributed by atoms with Crippen LogP contribution in [0.3, 0.4) is 0 Å². The van der Waals surface area contributed by atoms with Gasteiger partial charge in [-0.3, -0.25) is 0 Å². The molecule has 2 aromatic carbocycles. The average molecular weight is 320 g/mol. The van der Waals surface area contributed by atoms with E-state index in [1.54, 1.807) is 6.07 Å². The summed E-state index contributed by atoms with van der Waals surface area (Å²) in [6.45, 7) is 0. The van der Waals surface area contributed by atoms with Crippen LogP contribution in [0.1, 0.15) is 41.1 Å². The fraction of sp³-hybridized carbons (Fsp3) is 0.333. The van der Waals surface area contributed by atoms with Gasteiger partial charge in [0.15, 0.2) is 0 Å². The fourth-order valence-electron chi connectivity index (χ4n) is 3.17. The van der Waals surface area contributed by atoms with E-state index in [4.69, 9.17) is 23.2 Å². The second-order valence-corrected chi connectivity index (χ2v) is 6.47. The Hall–Kier alpha value is -1.02. The SMILES string of the molecule is CNC(c1ccc2c(c1)CCCC2)c1ccc(Cl)cc1Cl. The molecular formula is C18H19Cl2N. The highest BCUT2D eigenvalue weighted by Crippen LogP contribution is 2.32. The van der Waals surface area contributed by atoms with Crippen molar-refractivity contribution in [2.45, 2.75) is 31.7 Å². The first-order valence-corrected chi connectivity index (χ1v) is 8.18. The molecule has 1 atom stereocenters. The summed E-state index contributed by atoms with van der Waals surface area (Å²) in [4.78, 5) is 0. The van der Waals surface area contributed by atoms with E-state index in [9.17, 15) is 0 Å². The van der Waals surface area contributed by atoms with Gasteiger partial charge >= 0.3 is 0 Å². The zero-order valence-corrected chi connectivity index (χ0v) is 13.6. The number of benzene rings is 2. The quantitative estimate of drug-likeness (QED) is 0.821. The third-order valence-corrected chi connectivity index (χ3v) is 4.83. The topological polar surface area (TPSA) is 12.0 Å². The summed E-state index contributed by atoms with van der Waals surface area (Å²) in [5.41, 5.74) is 5.33. The van der Waals surface area contributed by atoms with E-state index in [1.165, 1.54) is 42.4 Å². The maximum atomic E-state index is 6.37. The van der Waals surface area contributed by atoms with E-state index in [0.29, 0.717) is 10.0 Å². The van der Waals surface area contributed by atoms with Gasteiger partial charge in [-0.05, 0) is 67.1 Å². The summed E-state index contributed by atoms with van der Waals surface area (Å²) >= 11 is 12.4. The van der Waals surface area contributed by atoms with Crippen LogP contribution in [0, 0.1) is 0 Å². The van der Waals surface area contributed by atoms with Gasteiger partial charge < -0.3 is 5.32 Å². The van der Waals surface area contributed by atoms with Crippen molar-refractivity contribution in [3.63, 3.8) is 0 Å². The zero-order valence-electron chi connectivity index (χ0n) is 12.1. The van der Waals surface area contributed by atoms with Crippen molar-refractivity contribution in [3.8, 4) is 0 Å². The van der Waals surface area contributed by atoms with Gasteiger partial charge in [0.2, 0.25) is 0 Å². The minimum absolute atomic E-state index is 0.0991. The number of hydrogen-bond donors (Lipinski definition) is 1. The first kappa shape index (κ1) is 14.9. The lowest BCUT2D eigenvalue weighted by Gasteiger charge is -2.22. The van der Waals surface area contributed by atoms with E-state index in [-0.39, 0.29) is 6.04 Å². The molecule has 0 saturated carbocycles. The van der Waals surface area contributed by atoms with Crippen LogP contribution in [0.5, 0.6) is 0 Å². The molecule has 3 rings (SSSR count). The number of nitrogens with one attached hydrogen (secondary N) is 1. The van der Waals surface area contributed by atoms with Gasteiger partial charge in [-0.25, -0.2) is 0 Å². The summed E-state index contributed by atoms with van der Waals surface area (Å²) in [7, 11) is 1.97.